The van der Waals surface area contributed by atoms with Crippen molar-refractivity contribution < 1.29 is 4.79 Å². The van der Waals surface area contributed by atoms with E-state index in [4.69, 9.17) is 0 Å². The molecule has 1 amide bonds. The van der Waals surface area contributed by atoms with Crippen molar-refractivity contribution in [2.45, 2.75) is 6.54 Å². The third-order valence-corrected chi connectivity index (χ3v) is 3.36. The Kier molecular flexibility index (Phi) is 3.75. The number of H-pyrrole nitrogens is 1. The van der Waals surface area contributed by atoms with E-state index in [0.717, 1.165) is 15.8 Å². The summed E-state index contributed by atoms with van der Waals surface area (Å²) in [5.41, 5.74) is 1.30. The largest absolute Gasteiger partial charge is 0.346 e. The zero-order valence-corrected chi connectivity index (χ0v) is 11.1. The summed E-state index contributed by atoms with van der Waals surface area (Å²) in [6, 6.07) is 7.08. The van der Waals surface area contributed by atoms with Crippen LogP contribution in [-0.2, 0) is 6.54 Å². The van der Waals surface area contributed by atoms with Crippen LogP contribution in [0.1, 0.15) is 16.1 Å². The number of aromatic nitrogens is 1. The normalized spacial score (nSPS) is 10.2. The van der Waals surface area contributed by atoms with E-state index in [0.29, 0.717) is 17.8 Å². The molecule has 17 heavy (non-hydrogen) atoms. The molecule has 0 spiro atoms. The summed E-state index contributed by atoms with van der Waals surface area (Å²) < 4.78 is 0.927. The fourth-order valence-corrected chi connectivity index (χ4v) is 2.13. The highest BCUT2D eigenvalue weighted by Gasteiger charge is 2.05. The zero-order valence-electron chi connectivity index (χ0n) is 8.70. The van der Waals surface area contributed by atoms with Crippen molar-refractivity contribution >= 4 is 33.2 Å². The van der Waals surface area contributed by atoms with Gasteiger partial charge in [-0.15, -0.1) is 0 Å². The molecule has 6 heteroatoms. The van der Waals surface area contributed by atoms with Crippen LogP contribution in [0.4, 0.5) is 0 Å². The molecule has 4 nitrogen and oxygen atoms in total. The van der Waals surface area contributed by atoms with Crippen LogP contribution in [0.15, 0.2) is 38.9 Å². The third kappa shape index (κ3) is 3.28. The SMILES string of the molecule is O=C(NCc1csc(=O)[nH]1)c1ccc(Br)cc1. The highest BCUT2D eigenvalue weighted by Crippen LogP contribution is 2.10. The zero-order chi connectivity index (χ0) is 12.3. The lowest BCUT2D eigenvalue weighted by Crippen LogP contribution is -2.23. The van der Waals surface area contributed by atoms with Gasteiger partial charge >= 0.3 is 4.87 Å². The molecule has 2 N–H and O–H groups in total. The lowest BCUT2D eigenvalue weighted by Gasteiger charge is -2.03. The molecule has 1 heterocycles. The third-order valence-electron chi connectivity index (χ3n) is 2.12. The molecule has 0 saturated carbocycles. The van der Waals surface area contributed by atoms with Gasteiger partial charge in [0.25, 0.3) is 5.91 Å². The number of aromatic amines is 1. The Hall–Kier alpha value is -1.40. The topological polar surface area (TPSA) is 62.0 Å². The Bertz CT molecular complexity index is 574. The summed E-state index contributed by atoms with van der Waals surface area (Å²) in [4.78, 5) is 25.1. The Morgan fingerprint density at radius 3 is 2.65 bits per heavy atom. The van der Waals surface area contributed by atoms with E-state index in [1.807, 2.05) is 0 Å². The van der Waals surface area contributed by atoms with Gasteiger partial charge in [0.05, 0.1) is 6.54 Å². The fraction of sp³-hybridized carbons (Fsp3) is 0.0909. The van der Waals surface area contributed by atoms with Gasteiger partial charge in [-0.3, -0.25) is 9.59 Å². The molecule has 0 atom stereocenters. The van der Waals surface area contributed by atoms with Gasteiger partial charge in [-0.1, -0.05) is 27.3 Å². The van der Waals surface area contributed by atoms with Crippen LogP contribution < -0.4 is 10.2 Å². The maximum Gasteiger partial charge on any atom is 0.304 e. The number of carbonyl (C=O) groups excluding carboxylic acids is 1. The molecule has 0 bridgehead atoms. The van der Waals surface area contributed by atoms with Crippen LogP contribution in [0.25, 0.3) is 0 Å². The predicted molar refractivity (Wildman–Crippen MR) is 70.3 cm³/mol. The number of amides is 1. The van der Waals surface area contributed by atoms with Gasteiger partial charge in [0.1, 0.15) is 0 Å². The summed E-state index contributed by atoms with van der Waals surface area (Å²) in [5.74, 6) is -0.162. The molecular weight excluding hydrogens is 304 g/mol. The monoisotopic (exact) mass is 312 g/mol. The van der Waals surface area contributed by atoms with E-state index < -0.39 is 0 Å². The van der Waals surface area contributed by atoms with Gasteiger partial charge in [0.2, 0.25) is 0 Å². The minimum absolute atomic E-state index is 0.113. The summed E-state index contributed by atoms with van der Waals surface area (Å²) >= 11 is 4.39. The van der Waals surface area contributed by atoms with E-state index in [2.05, 4.69) is 26.2 Å². The molecule has 1 aromatic heterocycles. The van der Waals surface area contributed by atoms with Gasteiger partial charge in [-0.2, -0.15) is 0 Å². The molecule has 0 aliphatic carbocycles. The van der Waals surface area contributed by atoms with Crippen molar-refractivity contribution in [2.75, 3.05) is 0 Å². The molecule has 0 unspecified atom stereocenters. The Morgan fingerprint density at radius 2 is 2.06 bits per heavy atom. The van der Waals surface area contributed by atoms with Gasteiger partial charge in [0, 0.05) is 21.1 Å². The van der Waals surface area contributed by atoms with Gasteiger partial charge in [-0.05, 0) is 24.3 Å². The van der Waals surface area contributed by atoms with Gasteiger partial charge < -0.3 is 10.3 Å². The Morgan fingerprint density at radius 1 is 1.35 bits per heavy atom. The second-order valence-electron chi connectivity index (χ2n) is 3.36. The quantitative estimate of drug-likeness (QED) is 0.912. The van der Waals surface area contributed by atoms with Crippen LogP contribution >= 0.6 is 27.3 Å². The molecule has 0 fully saturated rings. The molecule has 2 aromatic rings. The average molecular weight is 313 g/mol. The number of thiazole rings is 1. The van der Waals surface area contributed by atoms with Crippen molar-refractivity contribution in [3.05, 3.63) is 55.0 Å². The first-order valence-corrected chi connectivity index (χ1v) is 6.53. The minimum Gasteiger partial charge on any atom is -0.346 e. The van der Waals surface area contributed by atoms with Crippen molar-refractivity contribution in [1.82, 2.24) is 10.3 Å². The minimum atomic E-state index is -0.162. The summed E-state index contributed by atoms with van der Waals surface area (Å²) in [5, 5.41) is 4.43. The van der Waals surface area contributed by atoms with Crippen LogP contribution in [-0.4, -0.2) is 10.9 Å². The Labute approximate surface area is 110 Å². The number of nitrogens with one attached hydrogen (secondary N) is 2. The molecule has 88 valence electrons. The maximum atomic E-state index is 11.7. The van der Waals surface area contributed by atoms with Crippen LogP contribution in [0.2, 0.25) is 0 Å². The lowest BCUT2D eigenvalue weighted by molar-refractivity contribution is 0.0950. The van der Waals surface area contributed by atoms with Crippen LogP contribution in [0.3, 0.4) is 0 Å². The molecule has 2 rings (SSSR count). The van der Waals surface area contributed by atoms with E-state index >= 15 is 0 Å². The summed E-state index contributed by atoms with van der Waals surface area (Å²) in [7, 11) is 0. The number of halogens is 1. The number of benzene rings is 1. The molecule has 1 aromatic carbocycles. The van der Waals surface area contributed by atoms with Crippen molar-refractivity contribution in [3.63, 3.8) is 0 Å². The van der Waals surface area contributed by atoms with Crippen LogP contribution in [0, 0.1) is 0 Å². The Balaban J connectivity index is 1.98. The molecule has 0 aliphatic rings. The first-order chi connectivity index (χ1) is 8.15. The smallest absolute Gasteiger partial charge is 0.304 e. The lowest BCUT2D eigenvalue weighted by atomic mass is 10.2. The van der Waals surface area contributed by atoms with Crippen molar-refractivity contribution in [3.8, 4) is 0 Å². The highest BCUT2D eigenvalue weighted by molar-refractivity contribution is 9.10. The van der Waals surface area contributed by atoms with Gasteiger partial charge in [-0.25, -0.2) is 0 Å². The van der Waals surface area contributed by atoms with E-state index in [1.54, 1.807) is 29.6 Å². The van der Waals surface area contributed by atoms with E-state index in [-0.39, 0.29) is 10.8 Å². The molecule has 0 saturated heterocycles. The second-order valence-corrected chi connectivity index (χ2v) is 5.12. The number of hydrogen-bond donors (Lipinski definition) is 2. The van der Waals surface area contributed by atoms with Crippen molar-refractivity contribution in [2.24, 2.45) is 0 Å². The number of rotatable bonds is 3. The van der Waals surface area contributed by atoms with Gasteiger partial charge in [0.15, 0.2) is 0 Å². The highest BCUT2D eigenvalue weighted by atomic mass is 79.9. The standard InChI is InChI=1S/C11H9BrN2O2S/c12-8-3-1-7(2-4-8)10(15)13-5-9-6-17-11(16)14-9/h1-4,6H,5H2,(H,13,15)(H,14,16). The maximum absolute atomic E-state index is 11.7. The second kappa shape index (κ2) is 5.29. The fourth-order valence-electron chi connectivity index (χ4n) is 1.28. The van der Waals surface area contributed by atoms with Crippen molar-refractivity contribution in [1.29, 1.82) is 0 Å². The molecule has 0 aliphatic heterocycles. The van der Waals surface area contributed by atoms with E-state index in [1.165, 1.54) is 0 Å². The first kappa shape index (κ1) is 12.1. The summed E-state index contributed by atoms with van der Waals surface area (Å²) in [6.07, 6.45) is 0. The number of hydrogen-bond acceptors (Lipinski definition) is 3. The predicted octanol–water partition coefficient (Wildman–Crippen LogP) is 2.13. The first-order valence-electron chi connectivity index (χ1n) is 4.85. The number of carbonyl (C=O) groups is 1. The van der Waals surface area contributed by atoms with E-state index in [9.17, 15) is 9.59 Å². The molecule has 0 radical (unpaired) electrons. The van der Waals surface area contributed by atoms with Crippen LogP contribution in [0.5, 0.6) is 0 Å². The average Bonchev–Trinajstić information content (AvgIpc) is 2.73. The summed E-state index contributed by atoms with van der Waals surface area (Å²) in [6.45, 7) is 0.327. The molecular formula is C11H9BrN2O2S.